The lowest BCUT2D eigenvalue weighted by molar-refractivity contribution is -0.150. The van der Waals surface area contributed by atoms with Gasteiger partial charge in [0, 0.05) is 17.5 Å². The van der Waals surface area contributed by atoms with Crippen molar-refractivity contribution in [3.63, 3.8) is 0 Å². The first kappa shape index (κ1) is 22.0. The van der Waals surface area contributed by atoms with E-state index in [4.69, 9.17) is 15.9 Å². The van der Waals surface area contributed by atoms with E-state index in [0.29, 0.717) is 42.6 Å². The second kappa shape index (κ2) is 9.88. The molecule has 1 aromatic carbocycles. The number of carbonyl (C=O) groups excluding carboxylic acids is 1. The number of likely N-dealkylation sites (tertiary alicyclic amines) is 1. The van der Waals surface area contributed by atoms with Crippen LogP contribution in [0.4, 0.5) is 4.39 Å². The average molecular weight is 414 g/mol. The number of aliphatic hydroxyl groups is 1. The summed E-state index contributed by atoms with van der Waals surface area (Å²) in [5.41, 5.74) is 0.791. The van der Waals surface area contributed by atoms with E-state index in [0.717, 1.165) is 19.2 Å². The number of terminal acetylenes is 1. The Labute approximate surface area is 176 Å². The van der Waals surface area contributed by atoms with Gasteiger partial charge in [-0.1, -0.05) is 5.92 Å². The molecule has 1 fully saturated rings. The molecule has 0 bridgehead atoms. The molecule has 0 amide bonds. The number of esters is 1. The predicted octanol–water partition coefficient (Wildman–Crippen LogP) is 2.94. The fourth-order valence-corrected chi connectivity index (χ4v) is 4.25. The highest BCUT2D eigenvalue weighted by Crippen LogP contribution is 2.35. The third-order valence-electron chi connectivity index (χ3n) is 5.87. The molecule has 3 rings (SSSR count). The molecule has 1 aliphatic heterocycles. The topological polar surface area (TPSA) is 71.9 Å². The highest BCUT2D eigenvalue weighted by atomic mass is 19.1. The van der Waals surface area contributed by atoms with Gasteiger partial charge >= 0.3 is 5.97 Å². The molecule has 0 saturated carbocycles. The Bertz CT molecular complexity index is 943. The van der Waals surface area contributed by atoms with E-state index >= 15 is 0 Å². The molecular weight excluding hydrogens is 387 g/mol. The van der Waals surface area contributed by atoms with Crippen molar-refractivity contribution >= 4 is 16.9 Å². The normalized spacial score (nSPS) is 20.5. The highest BCUT2D eigenvalue weighted by Gasteiger charge is 2.35. The molecule has 0 aliphatic carbocycles. The van der Waals surface area contributed by atoms with Crippen molar-refractivity contribution in [3.05, 3.63) is 35.8 Å². The van der Waals surface area contributed by atoms with Crippen LogP contribution >= 0.6 is 0 Å². The third kappa shape index (κ3) is 4.72. The molecule has 30 heavy (non-hydrogen) atoms. The number of benzene rings is 1. The summed E-state index contributed by atoms with van der Waals surface area (Å²) < 4.78 is 24.8. The van der Waals surface area contributed by atoms with Crippen LogP contribution in [-0.4, -0.2) is 54.8 Å². The largest absolute Gasteiger partial charge is 0.497 e. The molecule has 160 valence electrons. The van der Waals surface area contributed by atoms with Crippen LogP contribution in [0.5, 0.6) is 5.75 Å². The van der Waals surface area contributed by atoms with Crippen molar-refractivity contribution in [1.82, 2.24) is 9.88 Å². The number of piperidine rings is 1. The van der Waals surface area contributed by atoms with Gasteiger partial charge in [-0.2, -0.15) is 0 Å². The Morgan fingerprint density at radius 2 is 2.27 bits per heavy atom. The van der Waals surface area contributed by atoms with E-state index in [9.17, 15) is 14.3 Å². The summed E-state index contributed by atoms with van der Waals surface area (Å²) in [6.07, 6.45) is 7.16. The molecule has 6 nitrogen and oxygen atoms in total. The Morgan fingerprint density at radius 3 is 2.97 bits per heavy atom. The van der Waals surface area contributed by atoms with Gasteiger partial charge in [0.1, 0.15) is 11.6 Å². The summed E-state index contributed by atoms with van der Waals surface area (Å²) >= 11 is 0. The Hall–Kier alpha value is -2.69. The molecule has 3 unspecified atom stereocenters. The third-order valence-corrected chi connectivity index (χ3v) is 5.87. The molecule has 1 saturated heterocycles. The molecule has 3 atom stereocenters. The monoisotopic (exact) mass is 414 g/mol. The van der Waals surface area contributed by atoms with Crippen molar-refractivity contribution in [3.8, 4) is 18.1 Å². The first-order valence-electron chi connectivity index (χ1n) is 10.0. The van der Waals surface area contributed by atoms with Crippen LogP contribution in [0.25, 0.3) is 10.9 Å². The number of methoxy groups -OCH3 is 2. The minimum absolute atomic E-state index is 0.0341. The highest BCUT2D eigenvalue weighted by molar-refractivity contribution is 5.84. The number of ether oxygens (including phenoxy) is 2. The van der Waals surface area contributed by atoms with Gasteiger partial charge in [-0.05, 0) is 49.9 Å². The van der Waals surface area contributed by atoms with Crippen molar-refractivity contribution in [1.29, 1.82) is 0 Å². The first-order valence-corrected chi connectivity index (χ1v) is 10.0. The van der Waals surface area contributed by atoms with Gasteiger partial charge in [0.05, 0.1) is 44.5 Å². The van der Waals surface area contributed by atoms with Gasteiger partial charge in [-0.15, -0.1) is 6.42 Å². The number of carbonyl (C=O) groups is 1. The van der Waals surface area contributed by atoms with Gasteiger partial charge in [-0.3, -0.25) is 14.7 Å². The molecule has 1 aliphatic rings. The number of fused-ring (bicyclic) bond motifs is 1. The van der Waals surface area contributed by atoms with Crippen molar-refractivity contribution < 1.29 is 23.8 Å². The van der Waals surface area contributed by atoms with Gasteiger partial charge < -0.3 is 14.6 Å². The summed E-state index contributed by atoms with van der Waals surface area (Å²) in [5, 5.41) is 11.4. The minimum Gasteiger partial charge on any atom is -0.497 e. The van der Waals surface area contributed by atoms with Crippen LogP contribution in [0, 0.1) is 30.0 Å². The number of nitrogens with zero attached hydrogens (tertiary/aromatic N) is 2. The second-order valence-corrected chi connectivity index (χ2v) is 7.61. The molecule has 1 N–H and O–H groups in total. The number of aliphatic hydroxyl groups excluding tert-OH is 1. The summed E-state index contributed by atoms with van der Waals surface area (Å²) in [6.45, 7) is 1.79. The molecule has 2 aromatic rings. The Balaban J connectivity index is 1.77. The molecule has 1 aromatic heterocycles. The SMILES string of the molecule is C#CCN1CCC(CCC(O)c2c(F)cnc3ccc(OC)cc23)C(C(=O)OC)C1. The lowest BCUT2D eigenvalue weighted by atomic mass is 9.81. The number of halogens is 1. The maximum Gasteiger partial charge on any atom is 0.310 e. The van der Waals surface area contributed by atoms with Crippen molar-refractivity contribution in [2.45, 2.75) is 25.4 Å². The number of aromatic nitrogens is 1. The van der Waals surface area contributed by atoms with E-state index in [2.05, 4.69) is 15.8 Å². The Morgan fingerprint density at radius 1 is 1.47 bits per heavy atom. The standard InChI is InChI=1S/C23H27FN2O4/c1-4-10-26-11-9-15(18(14-26)23(28)30-3)5-8-21(27)22-17-12-16(29-2)6-7-20(17)25-13-19(22)24/h1,6-7,12-13,15,18,21,27H,5,8-11,14H2,2-3H3. The zero-order valence-electron chi connectivity index (χ0n) is 17.3. The number of pyridine rings is 1. The quantitative estimate of drug-likeness (QED) is 0.555. The zero-order chi connectivity index (χ0) is 21.7. The van der Waals surface area contributed by atoms with Gasteiger partial charge in [0.15, 0.2) is 0 Å². The lowest BCUT2D eigenvalue weighted by Crippen LogP contribution is -2.44. The molecule has 2 heterocycles. The second-order valence-electron chi connectivity index (χ2n) is 7.61. The van der Waals surface area contributed by atoms with Crippen LogP contribution in [0.1, 0.15) is 30.9 Å². The van der Waals surface area contributed by atoms with E-state index in [1.165, 1.54) is 14.2 Å². The summed E-state index contributed by atoms with van der Waals surface area (Å²) in [7, 11) is 2.91. The fraction of sp³-hybridized carbons (Fsp3) is 0.478. The zero-order valence-corrected chi connectivity index (χ0v) is 17.3. The van der Waals surface area contributed by atoms with E-state index in [1.807, 2.05) is 0 Å². The average Bonchev–Trinajstić information content (AvgIpc) is 2.77. The van der Waals surface area contributed by atoms with Crippen LogP contribution in [-0.2, 0) is 9.53 Å². The first-order chi connectivity index (χ1) is 14.5. The van der Waals surface area contributed by atoms with Crippen LogP contribution in [0.15, 0.2) is 24.4 Å². The smallest absolute Gasteiger partial charge is 0.310 e. The van der Waals surface area contributed by atoms with E-state index in [-0.39, 0.29) is 23.4 Å². The van der Waals surface area contributed by atoms with Gasteiger partial charge in [-0.25, -0.2) is 4.39 Å². The minimum atomic E-state index is -1.02. The fourth-order valence-electron chi connectivity index (χ4n) is 4.25. The van der Waals surface area contributed by atoms with E-state index < -0.39 is 11.9 Å². The number of hydrogen-bond donors (Lipinski definition) is 1. The van der Waals surface area contributed by atoms with Gasteiger partial charge in [0.2, 0.25) is 0 Å². The molecular formula is C23H27FN2O4. The van der Waals surface area contributed by atoms with Crippen molar-refractivity contribution in [2.24, 2.45) is 11.8 Å². The predicted molar refractivity (Wildman–Crippen MR) is 111 cm³/mol. The maximum atomic E-state index is 14.6. The summed E-state index contributed by atoms with van der Waals surface area (Å²) in [5.74, 6) is 2.06. The van der Waals surface area contributed by atoms with Gasteiger partial charge in [0.25, 0.3) is 0 Å². The summed E-state index contributed by atoms with van der Waals surface area (Å²) in [4.78, 5) is 18.4. The maximum absolute atomic E-state index is 14.6. The Kier molecular flexibility index (Phi) is 7.24. The molecule has 0 radical (unpaired) electrons. The van der Waals surface area contributed by atoms with Crippen LogP contribution in [0.2, 0.25) is 0 Å². The summed E-state index contributed by atoms with van der Waals surface area (Å²) in [6, 6.07) is 5.16. The molecule has 7 heteroatoms. The molecule has 0 spiro atoms. The number of hydrogen-bond acceptors (Lipinski definition) is 6. The lowest BCUT2D eigenvalue weighted by Gasteiger charge is -2.36. The van der Waals surface area contributed by atoms with Crippen molar-refractivity contribution in [2.75, 3.05) is 33.9 Å². The van der Waals surface area contributed by atoms with E-state index in [1.54, 1.807) is 18.2 Å². The number of rotatable bonds is 7. The van der Waals surface area contributed by atoms with Crippen LogP contribution in [0.3, 0.4) is 0 Å². The van der Waals surface area contributed by atoms with Crippen LogP contribution < -0.4 is 4.74 Å².